The van der Waals surface area contributed by atoms with Crippen molar-refractivity contribution in [2.75, 3.05) is 5.73 Å². The molecule has 0 fully saturated rings. The first-order chi connectivity index (χ1) is 7.66. The van der Waals surface area contributed by atoms with Crippen LogP contribution in [0.3, 0.4) is 0 Å². The van der Waals surface area contributed by atoms with Crippen molar-refractivity contribution in [1.82, 2.24) is 4.98 Å². The lowest BCUT2D eigenvalue weighted by molar-refractivity contribution is 0.424. The van der Waals surface area contributed by atoms with E-state index in [0.29, 0.717) is 11.4 Å². The van der Waals surface area contributed by atoms with Crippen molar-refractivity contribution in [3.8, 4) is 11.6 Å². The Morgan fingerprint density at radius 1 is 1.31 bits per heavy atom. The molecule has 2 rings (SSSR count). The second kappa shape index (κ2) is 4.18. The second-order valence-electron chi connectivity index (χ2n) is 3.43. The Bertz CT molecular complexity index is 514. The maximum atomic E-state index is 13.3. The van der Waals surface area contributed by atoms with E-state index in [1.54, 1.807) is 12.1 Å². The van der Waals surface area contributed by atoms with Gasteiger partial charge in [0.2, 0.25) is 0 Å². The van der Waals surface area contributed by atoms with Crippen LogP contribution in [0.1, 0.15) is 5.56 Å². The zero-order valence-electron chi connectivity index (χ0n) is 8.77. The summed E-state index contributed by atoms with van der Waals surface area (Å²) in [5.41, 5.74) is 7.23. The van der Waals surface area contributed by atoms with Gasteiger partial charge in [-0.15, -0.1) is 0 Å². The van der Waals surface area contributed by atoms with E-state index in [0.717, 1.165) is 5.56 Å². The van der Waals surface area contributed by atoms with Crippen molar-refractivity contribution in [3.05, 3.63) is 47.9 Å². The molecule has 0 saturated carbocycles. The Hall–Kier alpha value is -2.10. The third kappa shape index (κ3) is 2.11. The molecule has 0 radical (unpaired) electrons. The third-order valence-corrected chi connectivity index (χ3v) is 2.10. The number of nitrogen functional groups attached to an aromatic ring is 1. The highest BCUT2D eigenvalue weighted by Crippen LogP contribution is 2.27. The molecule has 0 saturated heterocycles. The highest BCUT2D eigenvalue weighted by Gasteiger charge is 2.07. The number of aryl methyl sites for hydroxylation is 1. The van der Waals surface area contributed by atoms with Crippen LogP contribution in [-0.4, -0.2) is 4.98 Å². The van der Waals surface area contributed by atoms with Gasteiger partial charge in [-0.3, -0.25) is 0 Å². The number of nitrogens with zero attached hydrogens (tertiary/aromatic N) is 1. The number of rotatable bonds is 2. The smallest absolute Gasteiger partial charge is 0.255 e. The van der Waals surface area contributed by atoms with Crippen molar-refractivity contribution in [2.24, 2.45) is 0 Å². The van der Waals surface area contributed by atoms with Crippen molar-refractivity contribution in [3.63, 3.8) is 0 Å². The summed E-state index contributed by atoms with van der Waals surface area (Å²) < 4.78 is 18.5. The molecule has 1 aromatic heterocycles. The summed E-state index contributed by atoms with van der Waals surface area (Å²) in [5.74, 6) is -0.177. The van der Waals surface area contributed by atoms with E-state index in [4.69, 9.17) is 10.5 Å². The number of anilines is 1. The summed E-state index contributed by atoms with van der Waals surface area (Å²) in [7, 11) is 0. The first-order valence-electron chi connectivity index (χ1n) is 4.81. The zero-order valence-corrected chi connectivity index (χ0v) is 8.77. The van der Waals surface area contributed by atoms with Crippen LogP contribution in [-0.2, 0) is 0 Å². The van der Waals surface area contributed by atoms with E-state index in [9.17, 15) is 4.39 Å². The average Bonchev–Trinajstić information content (AvgIpc) is 2.25. The van der Waals surface area contributed by atoms with Crippen molar-refractivity contribution >= 4 is 5.69 Å². The number of ether oxygens (including phenoxy) is 1. The molecule has 0 aliphatic rings. The summed E-state index contributed by atoms with van der Waals surface area (Å²) in [6.07, 6.45) is 1.46. The highest BCUT2D eigenvalue weighted by atomic mass is 19.1. The van der Waals surface area contributed by atoms with E-state index in [1.807, 2.05) is 13.0 Å². The van der Waals surface area contributed by atoms with E-state index in [2.05, 4.69) is 4.98 Å². The number of nitrogens with two attached hydrogens (primary N) is 1. The predicted octanol–water partition coefficient (Wildman–Crippen LogP) is 2.90. The van der Waals surface area contributed by atoms with Gasteiger partial charge in [0.05, 0.1) is 5.69 Å². The topological polar surface area (TPSA) is 48.1 Å². The van der Waals surface area contributed by atoms with E-state index >= 15 is 0 Å². The lowest BCUT2D eigenvalue weighted by Gasteiger charge is -2.08. The van der Waals surface area contributed by atoms with E-state index < -0.39 is 5.82 Å². The zero-order chi connectivity index (χ0) is 11.5. The number of hydrogen-bond donors (Lipinski definition) is 1. The normalized spacial score (nSPS) is 10.1. The summed E-state index contributed by atoms with van der Waals surface area (Å²) in [6.45, 7) is 1.92. The molecule has 0 spiro atoms. The second-order valence-corrected chi connectivity index (χ2v) is 3.43. The molecule has 82 valence electrons. The number of benzene rings is 1. The molecule has 4 heteroatoms. The molecule has 0 aliphatic heterocycles. The Labute approximate surface area is 92.7 Å². The van der Waals surface area contributed by atoms with Crippen LogP contribution in [0.25, 0.3) is 0 Å². The summed E-state index contributed by atoms with van der Waals surface area (Å²) in [4.78, 5) is 3.78. The Morgan fingerprint density at radius 3 is 2.81 bits per heavy atom. The van der Waals surface area contributed by atoms with Crippen LogP contribution in [0.2, 0.25) is 0 Å². The van der Waals surface area contributed by atoms with Gasteiger partial charge in [-0.2, -0.15) is 0 Å². The standard InChI is InChI=1S/C12H11FN2O/c1-8-4-5-11(10(14)7-8)16-12-9(13)3-2-6-15-12/h2-7H,14H2,1H3. The van der Waals surface area contributed by atoms with Gasteiger partial charge in [-0.05, 0) is 36.8 Å². The fourth-order valence-corrected chi connectivity index (χ4v) is 1.31. The molecule has 0 unspecified atom stereocenters. The van der Waals surface area contributed by atoms with Gasteiger partial charge in [0.1, 0.15) is 0 Å². The third-order valence-electron chi connectivity index (χ3n) is 2.10. The number of pyridine rings is 1. The molecule has 0 atom stereocenters. The average molecular weight is 218 g/mol. The lowest BCUT2D eigenvalue weighted by Crippen LogP contribution is -1.95. The predicted molar refractivity (Wildman–Crippen MR) is 59.9 cm³/mol. The van der Waals surface area contributed by atoms with Gasteiger partial charge >= 0.3 is 0 Å². The van der Waals surface area contributed by atoms with Crippen LogP contribution >= 0.6 is 0 Å². The maximum Gasteiger partial charge on any atom is 0.255 e. The SMILES string of the molecule is Cc1ccc(Oc2ncccc2F)c(N)c1. The van der Waals surface area contributed by atoms with Gasteiger partial charge in [-0.25, -0.2) is 9.37 Å². The first kappa shape index (κ1) is 10.4. The van der Waals surface area contributed by atoms with E-state index in [1.165, 1.54) is 18.3 Å². The van der Waals surface area contributed by atoms with Crippen LogP contribution in [0.4, 0.5) is 10.1 Å². The fourth-order valence-electron chi connectivity index (χ4n) is 1.31. The molecule has 3 nitrogen and oxygen atoms in total. The monoisotopic (exact) mass is 218 g/mol. The van der Waals surface area contributed by atoms with Crippen molar-refractivity contribution in [2.45, 2.75) is 6.92 Å². The number of aromatic nitrogens is 1. The summed E-state index contributed by atoms with van der Waals surface area (Å²) >= 11 is 0. The van der Waals surface area contributed by atoms with Gasteiger partial charge in [-0.1, -0.05) is 6.07 Å². The quantitative estimate of drug-likeness (QED) is 0.788. The number of halogens is 1. The summed E-state index contributed by atoms with van der Waals surface area (Å²) in [6, 6.07) is 8.08. The Kier molecular flexibility index (Phi) is 2.72. The summed E-state index contributed by atoms with van der Waals surface area (Å²) in [5, 5.41) is 0. The lowest BCUT2D eigenvalue weighted by atomic mass is 10.2. The molecule has 0 bridgehead atoms. The molecule has 16 heavy (non-hydrogen) atoms. The molecule has 0 amide bonds. The van der Waals surface area contributed by atoms with E-state index in [-0.39, 0.29) is 5.88 Å². The minimum atomic E-state index is -0.512. The molecule has 2 N–H and O–H groups in total. The number of hydrogen-bond acceptors (Lipinski definition) is 3. The van der Waals surface area contributed by atoms with Crippen molar-refractivity contribution < 1.29 is 9.13 Å². The molecule has 0 aliphatic carbocycles. The van der Waals surface area contributed by atoms with Gasteiger partial charge < -0.3 is 10.5 Å². The minimum Gasteiger partial charge on any atom is -0.434 e. The largest absolute Gasteiger partial charge is 0.434 e. The Balaban J connectivity index is 2.31. The Morgan fingerprint density at radius 2 is 2.12 bits per heavy atom. The first-order valence-corrected chi connectivity index (χ1v) is 4.81. The van der Waals surface area contributed by atoms with Gasteiger partial charge in [0, 0.05) is 6.20 Å². The van der Waals surface area contributed by atoms with Crippen LogP contribution < -0.4 is 10.5 Å². The molecule has 1 heterocycles. The molecule has 1 aromatic carbocycles. The van der Waals surface area contributed by atoms with Crippen molar-refractivity contribution in [1.29, 1.82) is 0 Å². The van der Waals surface area contributed by atoms with Crippen LogP contribution in [0, 0.1) is 12.7 Å². The highest BCUT2D eigenvalue weighted by molar-refractivity contribution is 5.55. The molecular weight excluding hydrogens is 207 g/mol. The van der Waals surface area contributed by atoms with Gasteiger partial charge in [0.15, 0.2) is 11.6 Å². The van der Waals surface area contributed by atoms with Gasteiger partial charge in [0.25, 0.3) is 5.88 Å². The minimum absolute atomic E-state index is 0.0712. The van der Waals surface area contributed by atoms with Crippen LogP contribution in [0.15, 0.2) is 36.5 Å². The van der Waals surface area contributed by atoms with Crippen LogP contribution in [0.5, 0.6) is 11.6 Å². The maximum absolute atomic E-state index is 13.3. The molecular formula is C12H11FN2O. The molecule has 2 aromatic rings. The fraction of sp³-hybridized carbons (Fsp3) is 0.0833.